The summed E-state index contributed by atoms with van der Waals surface area (Å²) in [5.41, 5.74) is 0.592. The molecule has 0 aromatic heterocycles. The predicted octanol–water partition coefficient (Wildman–Crippen LogP) is 1.51. The van der Waals surface area contributed by atoms with E-state index in [1.807, 2.05) is 0 Å². The van der Waals surface area contributed by atoms with E-state index in [4.69, 9.17) is 0 Å². The summed E-state index contributed by atoms with van der Waals surface area (Å²) in [6.45, 7) is 3.68. The molecule has 1 N–H and O–H groups in total. The molecule has 3 rings (SSSR count). The van der Waals surface area contributed by atoms with Crippen LogP contribution in [0.2, 0.25) is 0 Å². The number of nitrogens with one attached hydrogen (secondary N) is 1. The van der Waals surface area contributed by atoms with Crippen LogP contribution in [0.15, 0.2) is 23.1 Å². The molecule has 20 heavy (non-hydrogen) atoms. The van der Waals surface area contributed by atoms with E-state index >= 15 is 0 Å². The van der Waals surface area contributed by atoms with Crippen LogP contribution >= 0.6 is 0 Å². The Balaban J connectivity index is 1.91. The van der Waals surface area contributed by atoms with Gasteiger partial charge in [-0.2, -0.15) is 4.31 Å². The highest BCUT2D eigenvalue weighted by Crippen LogP contribution is 2.30. The molecule has 0 spiro atoms. The van der Waals surface area contributed by atoms with Gasteiger partial charge in [-0.3, -0.25) is 0 Å². The molecule has 2 aliphatic heterocycles. The van der Waals surface area contributed by atoms with Crippen molar-refractivity contribution >= 4 is 10.0 Å². The Labute approximate surface area is 119 Å². The summed E-state index contributed by atoms with van der Waals surface area (Å²) in [7, 11) is -3.60. The predicted molar refractivity (Wildman–Crippen MR) is 74.4 cm³/mol. The summed E-state index contributed by atoms with van der Waals surface area (Å²) in [6, 6.07) is 4.18. The monoisotopic (exact) mass is 298 g/mol. The van der Waals surface area contributed by atoms with E-state index in [0.29, 0.717) is 24.6 Å². The molecule has 0 unspecified atom stereocenters. The molecular formula is C14H19FN2O2S. The molecule has 1 aromatic rings. The molecule has 2 saturated heterocycles. The van der Waals surface area contributed by atoms with Gasteiger partial charge in [-0.25, -0.2) is 12.8 Å². The zero-order chi connectivity index (χ0) is 14.3. The van der Waals surface area contributed by atoms with E-state index in [1.54, 1.807) is 6.92 Å². The molecule has 110 valence electrons. The van der Waals surface area contributed by atoms with Crippen molar-refractivity contribution in [1.82, 2.24) is 9.62 Å². The molecule has 2 heterocycles. The lowest BCUT2D eigenvalue weighted by Gasteiger charge is -2.24. The lowest BCUT2D eigenvalue weighted by atomic mass is 9.94. The van der Waals surface area contributed by atoms with E-state index < -0.39 is 15.8 Å². The van der Waals surface area contributed by atoms with Crippen molar-refractivity contribution in [2.24, 2.45) is 5.92 Å². The Hall–Kier alpha value is -0.980. The fraction of sp³-hybridized carbons (Fsp3) is 0.571. The standard InChI is InChI=1S/C14H19FN2O2S/c1-10-4-5-12(15)7-14(10)20(18,19)17-8-11-3-2-6-16-13(11)9-17/h4-5,7,11,13,16H,2-3,6,8-9H2,1H3/t11-,13+/m0/s1. The average molecular weight is 298 g/mol. The summed E-state index contributed by atoms with van der Waals surface area (Å²) >= 11 is 0. The normalized spacial score (nSPS) is 27.5. The summed E-state index contributed by atoms with van der Waals surface area (Å²) in [5.74, 6) is -0.128. The number of halogens is 1. The first-order chi connectivity index (χ1) is 9.48. The molecule has 2 atom stereocenters. The van der Waals surface area contributed by atoms with Crippen molar-refractivity contribution in [3.8, 4) is 0 Å². The van der Waals surface area contributed by atoms with Crippen molar-refractivity contribution in [3.05, 3.63) is 29.6 Å². The molecule has 0 radical (unpaired) electrons. The second kappa shape index (κ2) is 5.09. The largest absolute Gasteiger partial charge is 0.312 e. The van der Waals surface area contributed by atoms with E-state index in [1.165, 1.54) is 16.4 Å². The van der Waals surface area contributed by atoms with Crippen LogP contribution < -0.4 is 5.32 Å². The number of aryl methyl sites for hydroxylation is 1. The van der Waals surface area contributed by atoms with Gasteiger partial charge >= 0.3 is 0 Å². The van der Waals surface area contributed by atoms with Crippen LogP contribution in [0, 0.1) is 18.7 Å². The van der Waals surface area contributed by atoms with Crippen LogP contribution in [0.4, 0.5) is 4.39 Å². The Bertz CT molecular complexity index is 604. The second-order valence-corrected chi connectivity index (χ2v) is 7.60. The van der Waals surface area contributed by atoms with Gasteiger partial charge in [-0.15, -0.1) is 0 Å². The van der Waals surface area contributed by atoms with Gasteiger partial charge in [-0.05, 0) is 49.9 Å². The number of hydrogen-bond acceptors (Lipinski definition) is 3. The summed E-state index contributed by atoms with van der Waals surface area (Å²) in [6.07, 6.45) is 2.15. The molecule has 0 saturated carbocycles. The Morgan fingerprint density at radius 2 is 2.15 bits per heavy atom. The summed E-state index contributed by atoms with van der Waals surface area (Å²) in [4.78, 5) is 0.0937. The van der Waals surface area contributed by atoms with E-state index in [9.17, 15) is 12.8 Å². The lowest BCUT2D eigenvalue weighted by Crippen LogP contribution is -2.41. The fourth-order valence-electron chi connectivity index (χ4n) is 3.19. The molecule has 0 amide bonds. The quantitative estimate of drug-likeness (QED) is 0.900. The van der Waals surface area contributed by atoms with E-state index in [0.717, 1.165) is 25.5 Å². The summed E-state index contributed by atoms with van der Waals surface area (Å²) in [5, 5.41) is 3.38. The van der Waals surface area contributed by atoms with Gasteiger partial charge in [0.2, 0.25) is 10.0 Å². The topological polar surface area (TPSA) is 49.4 Å². The van der Waals surface area contributed by atoms with Gasteiger partial charge in [0.05, 0.1) is 4.90 Å². The molecule has 2 fully saturated rings. The zero-order valence-electron chi connectivity index (χ0n) is 11.5. The number of piperidine rings is 1. The minimum Gasteiger partial charge on any atom is -0.312 e. The van der Waals surface area contributed by atoms with Crippen LogP contribution in [0.3, 0.4) is 0 Å². The highest BCUT2D eigenvalue weighted by atomic mass is 32.2. The van der Waals surface area contributed by atoms with Crippen molar-refractivity contribution in [2.45, 2.75) is 30.7 Å². The number of benzene rings is 1. The number of nitrogens with zero attached hydrogens (tertiary/aromatic N) is 1. The minimum atomic E-state index is -3.60. The lowest BCUT2D eigenvalue weighted by molar-refractivity contribution is 0.339. The fourth-order valence-corrected chi connectivity index (χ4v) is 4.95. The maximum absolute atomic E-state index is 13.4. The van der Waals surface area contributed by atoms with Crippen molar-refractivity contribution in [1.29, 1.82) is 0 Å². The molecular weight excluding hydrogens is 279 g/mol. The second-order valence-electron chi connectivity index (χ2n) is 5.69. The van der Waals surface area contributed by atoms with Crippen LogP contribution in [0.25, 0.3) is 0 Å². The maximum Gasteiger partial charge on any atom is 0.243 e. The third kappa shape index (κ3) is 2.36. The highest BCUT2D eigenvalue weighted by Gasteiger charge is 2.40. The number of hydrogen-bond donors (Lipinski definition) is 1. The zero-order valence-corrected chi connectivity index (χ0v) is 12.3. The van der Waals surface area contributed by atoms with Crippen molar-refractivity contribution < 1.29 is 12.8 Å². The number of sulfonamides is 1. The van der Waals surface area contributed by atoms with Crippen LogP contribution in [-0.4, -0.2) is 38.4 Å². The van der Waals surface area contributed by atoms with E-state index in [-0.39, 0.29) is 10.9 Å². The Kier molecular flexibility index (Phi) is 3.56. The molecule has 0 aliphatic carbocycles. The SMILES string of the molecule is Cc1ccc(F)cc1S(=O)(=O)N1C[C@@H]2CCCN[C@@H]2C1. The first kappa shape index (κ1) is 14.0. The molecule has 0 bridgehead atoms. The number of rotatable bonds is 2. The third-order valence-corrected chi connectivity index (χ3v) is 6.31. The van der Waals surface area contributed by atoms with Crippen molar-refractivity contribution in [3.63, 3.8) is 0 Å². The van der Waals surface area contributed by atoms with Gasteiger partial charge in [0.25, 0.3) is 0 Å². The van der Waals surface area contributed by atoms with Gasteiger partial charge < -0.3 is 5.32 Å². The molecule has 4 nitrogen and oxygen atoms in total. The average Bonchev–Trinajstić information content (AvgIpc) is 2.86. The van der Waals surface area contributed by atoms with Gasteiger partial charge in [0.1, 0.15) is 5.82 Å². The summed E-state index contributed by atoms with van der Waals surface area (Å²) < 4.78 is 40.2. The third-order valence-electron chi connectivity index (χ3n) is 4.33. The maximum atomic E-state index is 13.4. The van der Waals surface area contributed by atoms with E-state index in [2.05, 4.69) is 5.32 Å². The van der Waals surface area contributed by atoms with Gasteiger partial charge in [-0.1, -0.05) is 6.07 Å². The highest BCUT2D eigenvalue weighted by molar-refractivity contribution is 7.89. The Morgan fingerprint density at radius 1 is 1.35 bits per heavy atom. The van der Waals surface area contributed by atoms with Crippen LogP contribution in [0.5, 0.6) is 0 Å². The van der Waals surface area contributed by atoms with Gasteiger partial charge in [0, 0.05) is 19.1 Å². The van der Waals surface area contributed by atoms with Gasteiger partial charge in [0.15, 0.2) is 0 Å². The molecule has 6 heteroatoms. The molecule has 1 aromatic carbocycles. The van der Waals surface area contributed by atoms with Crippen LogP contribution in [-0.2, 0) is 10.0 Å². The number of fused-ring (bicyclic) bond motifs is 1. The van der Waals surface area contributed by atoms with Crippen molar-refractivity contribution in [2.75, 3.05) is 19.6 Å². The first-order valence-corrected chi connectivity index (χ1v) is 8.42. The Morgan fingerprint density at radius 3 is 2.90 bits per heavy atom. The smallest absolute Gasteiger partial charge is 0.243 e. The first-order valence-electron chi connectivity index (χ1n) is 6.98. The van der Waals surface area contributed by atoms with Crippen LogP contribution in [0.1, 0.15) is 18.4 Å². The molecule has 2 aliphatic rings. The minimum absolute atomic E-state index is 0.0937.